The van der Waals surface area contributed by atoms with E-state index in [1.165, 1.54) is 38.1 Å². The third-order valence-corrected chi connectivity index (χ3v) is 2.87. The van der Waals surface area contributed by atoms with Crippen LogP contribution >= 0.6 is 0 Å². The number of rotatable bonds is 9. The summed E-state index contributed by atoms with van der Waals surface area (Å²) in [5.41, 5.74) is 0. The Morgan fingerprint density at radius 3 is 2.75 bits per heavy atom. The molecule has 0 amide bonds. The average Bonchev–Trinajstić information content (AvgIpc) is 2.75. The van der Waals surface area contributed by atoms with E-state index in [1.807, 2.05) is 6.20 Å². The highest BCUT2D eigenvalue weighted by Crippen LogP contribution is 2.04. The molecule has 0 unspecified atom stereocenters. The third kappa shape index (κ3) is 4.79. The summed E-state index contributed by atoms with van der Waals surface area (Å²) in [5.74, 6) is 1.22. The van der Waals surface area contributed by atoms with Gasteiger partial charge >= 0.3 is 0 Å². The molecule has 0 aromatic carbocycles. The van der Waals surface area contributed by atoms with Gasteiger partial charge in [-0.1, -0.05) is 26.7 Å². The molecular formula is C13H25N3. The van der Waals surface area contributed by atoms with E-state index in [1.54, 1.807) is 0 Å². The second kappa shape index (κ2) is 8.34. The Bertz CT molecular complexity index is 268. The Morgan fingerprint density at radius 1 is 1.19 bits per heavy atom. The van der Waals surface area contributed by atoms with Gasteiger partial charge in [-0.15, -0.1) is 0 Å². The topological polar surface area (TPSA) is 29.9 Å². The van der Waals surface area contributed by atoms with E-state index < -0.39 is 0 Å². The van der Waals surface area contributed by atoms with E-state index >= 15 is 0 Å². The maximum absolute atomic E-state index is 4.33. The molecule has 3 heteroatoms. The summed E-state index contributed by atoms with van der Waals surface area (Å²) >= 11 is 0. The zero-order chi connectivity index (χ0) is 11.6. The second-order valence-electron chi connectivity index (χ2n) is 4.16. The van der Waals surface area contributed by atoms with Crippen molar-refractivity contribution in [3.63, 3.8) is 0 Å². The number of nitrogens with one attached hydrogen (secondary N) is 1. The summed E-state index contributed by atoms with van der Waals surface area (Å²) in [6.45, 7) is 7.71. The molecule has 0 atom stereocenters. The van der Waals surface area contributed by atoms with Gasteiger partial charge in [-0.05, 0) is 25.9 Å². The molecule has 3 nitrogen and oxygen atoms in total. The number of hydrogen-bond donors (Lipinski definition) is 1. The largest absolute Gasteiger partial charge is 0.335 e. The lowest BCUT2D eigenvalue weighted by molar-refractivity contribution is 0.546. The fourth-order valence-corrected chi connectivity index (χ4v) is 1.92. The Kier molecular flexibility index (Phi) is 6.90. The summed E-state index contributed by atoms with van der Waals surface area (Å²) in [5, 5.41) is 3.36. The van der Waals surface area contributed by atoms with Crippen molar-refractivity contribution < 1.29 is 0 Å². The molecule has 1 heterocycles. The van der Waals surface area contributed by atoms with Crippen molar-refractivity contribution in [3.05, 3.63) is 18.2 Å². The molecule has 0 saturated heterocycles. The zero-order valence-electron chi connectivity index (χ0n) is 10.7. The van der Waals surface area contributed by atoms with Crippen molar-refractivity contribution in [2.24, 2.45) is 0 Å². The standard InChI is InChI=1S/C13H25N3/c1-3-13-15-10-12-16(13)11-8-6-5-7-9-14-4-2/h10,12,14H,3-9,11H2,1-2H3. The average molecular weight is 223 g/mol. The summed E-state index contributed by atoms with van der Waals surface area (Å²) in [6.07, 6.45) is 10.3. The summed E-state index contributed by atoms with van der Waals surface area (Å²) < 4.78 is 2.28. The van der Waals surface area contributed by atoms with E-state index in [9.17, 15) is 0 Å². The van der Waals surface area contributed by atoms with Gasteiger partial charge < -0.3 is 9.88 Å². The number of aryl methyl sites for hydroxylation is 2. The number of imidazole rings is 1. The Labute approximate surface area is 99.3 Å². The van der Waals surface area contributed by atoms with Crippen LogP contribution in [0.4, 0.5) is 0 Å². The maximum atomic E-state index is 4.33. The van der Waals surface area contributed by atoms with Gasteiger partial charge in [0, 0.05) is 25.4 Å². The first-order chi connectivity index (χ1) is 7.88. The Balaban J connectivity index is 2.03. The van der Waals surface area contributed by atoms with Crippen LogP contribution in [0.1, 0.15) is 45.4 Å². The fourth-order valence-electron chi connectivity index (χ4n) is 1.92. The molecule has 92 valence electrons. The molecule has 0 aliphatic carbocycles. The molecule has 0 radical (unpaired) electrons. The van der Waals surface area contributed by atoms with Crippen molar-refractivity contribution in [1.82, 2.24) is 14.9 Å². The van der Waals surface area contributed by atoms with Crippen LogP contribution in [-0.2, 0) is 13.0 Å². The van der Waals surface area contributed by atoms with Gasteiger partial charge in [0.1, 0.15) is 5.82 Å². The highest BCUT2D eigenvalue weighted by atomic mass is 15.1. The minimum atomic E-state index is 1.04. The molecule has 0 bridgehead atoms. The van der Waals surface area contributed by atoms with Gasteiger partial charge in [-0.25, -0.2) is 4.98 Å². The molecule has 0 saturated carbocycles. The molecule has 1 aromatic rings. The predicted molar refractivity (Wildman–Crippen MR) is 68.6 cm³/mol. The minimum absolute atomic E-state index is 1.04. The van der Waals surface area contributed by atoms with Crippen LogP contribution in [0.25, 0.3) is 0 Å². The van der Waals surface area contributed by atoms with Crippen molar-refractivity contribution in [2.45, 2.75) is 52.5 Å². The maximum Gasteiger partial charge on any atom is 0.108 e. The second-order valence-corrected chi connectivity index (χ2v) is 4.16. The molecular weight excluding hydrogens is 198 g/mol. The molecule has 1 rings (SSSR count). The van der Waals surface area contributed by atoms with Crippen molar-refractivity contribution >= 4 is 0 Å². The summed E-state index contributed by atoms with van der Waals surface area (Å²) in [4.78, 5) is 4.33. The Morgan fingerprint density at radius 2 is 2.00 bits per heavy atom. The van der Waals surface area contributed by atoms with Gasteiger partial charge in [-0.3, -0.25) is 0 Å². The monoisotopic (exact) mass is 223 g/mol. The summed E-state index contributed by atoms with van der Waals surface area (Å²) in [7, 11) is 0. The first kappa shape index (κ1) is 13.2. The molecule has 0 aliphatic heterocycles. The number of hydrogen-bond acceptors (Lipinski definition) is 2. The smallest absolute Gasteiger partial charge is 0.108 e. The van der Waals surface area contributed by atoms with Gasteiger partial charge in [0.25, 0.3) is 0 Å². The van der Waals surface area contributed by atoms with Crippen LogP contribution in [0.15, 0.2) is 12.4 Å². The molecule has 1 aromatic heterocycles. The van der Waals surface area contributed by atoms with Crippen LogP contribution in [0.2, 0.25) is 0 Å². The van der Waals surface area contributed by atoms with Gasteiger partial charge in [-0.2, -0.15) is 0 Å². The first-order valence-corrected chi connectivity index (χ1v) is 6.59. The Hall–Kier alpha value is -0.830. The predicted octanol–water partition coefficient (Wildman–Crippen LogP) is 2.62. The van der Waals surface area contributed by atoms with E-state index in [-0.39, 0.29) is 0 Å². The number of aromatic nitrogens is 2. The zero-order valence-corrected chi connectivity index (χ0v) is 10.7. The fraction of sp³-hybridized carbons (Fsp3) is 0.769. The highest BCUT2D eigenvalue weighted by molar-refractivity contribution is 4.91. The van der Waals surface area contributed by atoms with Crippen LogP contribution < -0.4 is 5.32 Å². The van der Waals surface area contributed by atoms with Gasteiger partial charge in [0.05, 0.1) is 0 Å². The number of unbranched alkanes of at least 4 members (excludes halogenated alkanes) is 3. The SMILES string of the molecule is CCNCCCCCCn1ccnc1CC. The molecule has 0 spiro atoms. The molecule has 0 aliphatic rings. The van der Waals surface area contributed by atoms with Crippen molar-refractivity contribution in [1.29, 1.82) is 0 Å². The van der Waals surface area contributed by atoms with Gasteiger partial charge in [0.2, 0.25) is 0 Å². The number of nitrogens with zero attached hydrogens (tertiary/aromatic N) is 2. The lowest BCUT2D eigenvalue weighted by atomic mass is 10.2. The van der Waals surface area contributed by atoms with Crippen LogP contribution in [-0.4, -0.2) is 22.6 Å². The molecule has 0 fully saturated rings. The van der Waals surface area contributed by atoms with Crippen LogP contribution in [0.3, 0.4) is 0 Å². The normalized spacial score (nSPS) is 10.9. The van der Waals surface area contributed by atoms with Gasteiger partial charge in [0.15, 0.2) is 0 Å². The third-order valence-electron chi connectivity index (χ3n) is 2.87. The van der Waals surface area contributed by atoms with E-state index in [0.29, 0.717) is 0 Å². The highest BCUT2D eigenvalue weighted by Gasteiger charge is 1.98. The van der Waals surface area contributed by atoms with Crippen LogP contribution in [0, 0.1) is 0 Å². The van der Waals surface area contributed by atoms with Crippen LogP contribution in [0.5, 0.6) is 0 Å². The molecule has 1 N–H and O–H groups in total. The van der Waals surface area contributed by atoms with Crippen molar-refractivity contribution in [3.8, 4) is 0 Å². The van der Waals surface area contributed by atoms with E-state index in [2.05, 4.69) is 34.9 Å². The van der Waals surface area contributed by atoms with E-state index in [0.717, 1.165) is 19.5 Å². The minimum Gasteiger partial charge on any atom is -0.335 e. The molecule has 16 heavy (non-hydrogen) atoms. The lowest BCUT2D eigenvalue weighted by Crippen LogP contribution is -2.13. The quantitative estimate of drug-likeness (QED) is 0.652. The van der Waals surface area contributed by atoms with Crippen molar-refractivity contribution in [2.75, 3.05) is 13.1 Å². The van der Waals surface area contributed by atoms with E-state index in [4.69, 9.17) is 0 Å². The lowest BCUT2D eigenvalue weighted by Gasteiger charge is -2.06. The first-order valence-electron chi connectivity index (χ1n) is 6.59. The summed E-state index contributed by atoms with van der Waals surface area (Å²) in [6, 6.07) is 0.